The minimum absolute atomic E-state index is 0.0605. The molecule has 17 atom stereocenters. The Morgan fingerprint density at radius 3 is 1.27 bits per heavy atom. The number of aliphatic carboxylic acids is 1. The molecule has 3 saturated heterocycles. The Morgan fingerprint density at radius 2 is 0.762 bits per heavy atom. The number of aliphatic hydroxyl groups excluding tert-OH is 7. The molecule has 0 radical (unpaired) electrons. The summed E-state index contributed by atoms with van der Waals surface area (Å²) in [5.41, 5.74) is 0. The average molecular weight is 1210 g/mol. The Labute approximate surface area is 492 Å². The van der Waals surface area contributed by atoms with Gasteiger partial charge in [-0.15, -0.1) is 0 Å². The summed E-state index contributed by atoms with van der Waals surface area (Å²) < 4.78 is 64.5. The maximum atomic E-state index is 14.3. The van der Waals surface area contributed by atoms with Crippen molar-refractivity contribution in [3.8, 4) is 0 Å². The van der Waals surface area contributed by atoms with Crippen LogP contribution >= 0.6 is 0 Å². The van der Waals surface area contributed by atoms with Gasteiger partial charge in [0, 0.05) is 19.3 Å². The molecular formula is C58H98O26. The van der Waals surface area contributed by atoms with E-state index in [1.807, 2.05) is 27.7 Å². The van der Waals surface area contributed by atoms with Gasteiger partial charge in [-0.1, -0.05) is 112 Å². The van der Waals surface area contributed by atoms with E-state index >= 15 is 0 Å². The number of hydrogen-bond acceptors (Lipinski definition) is 25. The first-order chi connectivity index (χ1) is 40.3. The Hall–Kier alpha value is -4.19. The van der Waals surface area contributed by atoms with E-state index in [0.717, 1.165) is 64.2 Å². The van der Waals surface area contributed by atoms with E-state index in [-0.39, 0.29) is 25.7 Å². The van der Waals surface area contributed by atoms with Crippen molar-refractivity contribution in [2.45, 2.75) is 306 Å². The van der Waals surface area contributed by atoms with Crippen LogP contribution in [0.3, 0.4) is 0 Å². The van der Waals surface area contributed by atoms with Gasteiger partial charge >= 0.3 is 41.8 Å². The first-order valence-electron chi connectivity index (χ1n) is 30.5. The number of carboxylic acids is 1. The topological polar surface area (TPSA) is 383 Å². The van der Waals surface area contributed by atoms with Gasteiger partial charge in [-0.05, 0) is 44.9 Å². The smallest absolute Gasteiger partial charge is 0.310 e. The van der Waals surface area contributed by atoms with Crippen LogP contribution in [0.4, 0.5) is 0 Å². The quantitative estimate of drug-likeness (QED) is 0.0245. The van der Waals surface area contributed by atoms with Crippen LogP contribution in [0.15, 0.2) is 0 Å². The lowest BCUT2D eigenvalue weighted by Crippen LogP contribution is -2.67. The van der Waals surface area contributed by atoms with Gasteiger partial charge in [0.05, 0.1) is 45.5 Å². The van der Waals surface area contributed by atoms with Crippen molar-refractivity contribution >= 4 is 41.8 Å². The fraction of sp³-hybridized carbons (Fsp3) is 0.879. The monoisotopic (exact) mass is 1210 g/mol. The largest absolute Gasteiger partial charge is 0.481 e. The molecule has 0 spiro atoms. The van der Waals surface area contributed by atoms with Gasteiger partial charge in [-0.25, -0.2) is 0 Å². The van der Waals surface area contributed by atoms with Gasteiger partial charge in [-0.3, -0.25) is 33.6 Å². The highest BCUT2D eigenvalue weighted by Gasteiger charge is 2.57. The molecule has 3 rings (SSSR count). The molecule has 26 heteroatoms. The Balaban J connectivity index is 2.13. The van der Waals surface area contributed by atoms with E-state index in [1.165, 1.54) is 0 Å². The van der Waals surface area contributed by atoms with Crippen LogP contribution in [0.1, 0.15) is 202 Å². The lowest BCUT2D eigenvalue weighted by Gasteiger charge is -2.49. The molecule has 0 bridgehead atoms. The van der Waals surface area contributed by atoms with Crippen LogP contribution in [0.25, 0.3) is 0 Å². The summed E-state index contributed by atoms with van der Waals surface area (Å²) in [7, 11) is 0. The Bertz CT molecular complexity index is 1920. The number of carboxylic acid groups (broad SMARTS) is 1. The number of aliphatic hydroxyl groups is 7. The van der Waals surface area contributed by atoms with Crippen molar-refractivity contribution in [3.05, 3.63) is 0 Å². The van der Waals surface area contributed by atoms with Crippen LogP contribution in [0.2, 0.25) is 0 Å². The molecule has 0 aromatic heterocycles. The van der Waals surface area contributed by atoms with Crippen LogP contribution in [0.5, 0.6) is 0 Å². The number of carbonyl (C=O) groups is 7. The Kier molecular flexibility index (Phi) is 36.2. The zero-order chi connectivity index (χ0) is 62.1. The second-order valence-electron chi connectivity index (χ2n) is 21.8. The average Bonchev–Trinajstić information content (AvgIpc) is 2.14. The second kappa shape index (κ2) is 41.1. The van der Waals surface area contributed by atoms with E-state index < -0.39 is 192 Å². The lowest BCUT2D eigenvalue weighted by atomic mass is 9.96. The first-order valence-corrected chi connectivity index (χ1v) is 30.5. The molecule has 0 aliphatic carbocycles. The molecule has 0 aromatic carbocycles. The molecule has 0 saturated carbocycles. The fourth-order valence-corrected chi connectivity index (χ4v) is 9.90. The Morgan fingerprint density at radius 1 is 0.369 bits per heavy atom. The van der Waals surface area contributed by atoms with Crippen molar-refractivity contribution in [2.75, 3.05) is 19.8 Å². The highest BCUT2D eigenvalue weighted by atomic mass is 16.8. The van der Waals surface area contributed by atoms with Crippen LogP contribution in [0, 0.1) is 0 Å². The predicted molar refractivity (Wildman–Crippen MR) is 293 cm³/mol. The molecule has 0 aromatic rings. The van der Waals surface area contributed by atoms with Crippen molar-refractivity contribution in [1.82, 2.24) is 0 Å². The van der Waals surface area contributed by atoms with Gasteiger partial charge in [-0.2, -0.15) is 0 Å². The van der Waals surface area contributed by atoms with Crippen LogP contribution in [-0.2, 0) is 85.7 Å². The summed E-state index contributed by atoms with van der Waals surface area (Å²) in [5, 5.41) is 87.9. The minimum Gasteiger partial charge on any atom is -0.481 e. The summed E-state index contributed by atoms with van der Waals surface area (Å²) in [6, 6.07) is 0. The molecule has 3 fully saturated rings. The number of ether oxygens (including phenoxy) is 11. The molecule has 0 amide bonds. The summed E-state index contributed by atoms with van der Waals surface area (Å²) in [6.45, 7) is 6.85. The van der Waals surface area contributed by atoms with E-state index in [1.54, 1.807) is 0 Å². The fourth-order valence-electron chi connectivity index (χ4n) is 9.90. The van der Waals surface area contributed by atoms with Crippen LogP contribution < -0.4 is 0 Å². The summed E-state index contributed by atoms with van der Waals surface area (Å²) >= 11 is 0. The predicted octanol–water partition coefficient (Wildman–Crippen LogP) is 3.78. The van der Waals surface area contributed by atoms with Gasteiger partial charge in [0.25, 0.3) is 0 Å². The maximum Gasteiger partial charge on any atom is 0.310 e. The molecule has 84 heavy (non-hydrogen) atoms. The molecule has 17 unspecified atom stereocenters. The zero-order valence-corrected chi connectivity index (χ0v) is 49.7. The van der Waals surface area contributed by atoms with Crippen molar-refractivity contribution in [1.29, 1.82) is 0 Å². The van der Waals surface area contributed by atoms with Gasteiger partial charge in [0.1, 0.15) is 61.0 Å². The van der Waals surface area contributed by atoms with Crippen molar-refractivity contribution < 1.29 is 127 Å². The number of hydrogen-bond donors (Lipinski definition) is 8. The second-order valence-corrected chi connectivity index (χ2v) is 21.8. The standard InChI is InChI=1S/C58H98O26/c1-6-11-16-17-22-24-36(75-42(65)26-20-14-9-4)30-45(68)81-51-39(34-61)78-57(54(49(51)72)80-44(67)29-28-40(62)63)84-58-55(82-46(69)31-35(23-18-12-7-2)74-41(64)25-19-13-8-3)53(48(71)38(33-60)77-58)83-56-50(73)52(47(70)37(32-59)76-56)79-43(66)27-21-15-10-5/h35-39,47-61,70-73H,6-34H2,1-5H3,(H,62,63). The third-order valence-electron chi connectivity index (χ3n) is 14.7. The van der Waals surface area contributed by atoms with E-state index in [0.29, 0.717) is 51.4 Å². The number of rotatable bonds is 42. The normalized spacial score (nSPS) is 28.5. The van der Waals surface area contributed by atoms with E-state index in [9.17, 15) is 74.4 Å². The third-order valence-corrected chi connectivity index (χ3v) is 14.7. The molecule has 3 aliphatic rings. The zero-order valence-electron chi connectivity index (χ0n) is 49.7. The van der Waals surface area contributed by atoms with Crippen LogP contribution in [-0.4, -0.2) is 207 Å². The van der Waals surface area contributed by atoms with Gasteiger partial charge < -0.3 is 93.0 Å². The molecule has 8 N–H and O–H groups in total. The number of unbranched alkanes of at least 4 members (excludes halogenated alkanes) is 12. The maximum absolute atomic E-state index is 14.3. The summed E-state index contributed by atoms with van der Waals surface area (Å²) in [6.07, 6.45) is -21.2. The first kappa shape index (κ1) is 74.1. The minimum atomic E-state index is -2.18. The highest BCUT2D eigenvalue weighted by Crippen LogP contribution is 2.36. The number of esters is 6. The highest BCUT2D eigenvalue weighted by molar-refractivity contribution is 5.77. The van der Waals surface area contributed by atoms with Crippen molar-refractivity contribution in [3.63, 3.8) is 0 Å². The molecule has 3 aliphatic heterocycles. The summed E-state index contributed by atoms with van der Waals surface area (Å²) in [5.74, 6) is -6.72. The SMILES string of the molecule is CCCCCCCC(CC(=O)OC1C(CO)OC(OC2OC(CO)C(O)C(OC3OC(CO)C(O)C(OC(=O)CCCCC)C3O)C2OC(=O)CC(CCCCC)OC(=O)CCCCC)C(OC(=O)CCC(=O)O)C1O)OC(=O)CCCCC. The summed E-state index contributed by atoms with van der Waals surface area (Å²) in [4.78, 5) is 92.0. The molecular weight excluding hydrogens is 1110 g/mol. The number of carbonyl (C=O) groups excluding carboxylic acids is 6. The third kappa shape index (κ3) is 25.6. The van der Waals surface area contributed by atoms with Gasteiger partial charge in [0.15, 0.2) is 30.7 Å². The van der Waals surface area contributed by atoms with E-state index in [4.69, 9.17) is 52.1 Å². The van der Waals surface area contributed by atoms with E-state index in [2.05, 4.69) is 6.92 Å². The van der Waals surface area contributed by atoms with Crippen molar-refractivity contribution in [2.24, 2.45) is 0 Å². The molecule has 3 heterocycles. The van der Waals surface area contributed by atoms with Gasteiger partial charge in [0.2, 0.25) is 12.6 Å². The molecule has 486 valence electrons. The molecule has 26 nitrogen and oxygen atoms in total. The lowest BCUT2D eigenvalue weighted by molar-refractivity contribution is -0.393.